The normalized spacial score (nSPS) is 42.5. The van der Waals surface area contributed by atoms with Gasteiger partial charge in [-0.1, -0.05) is 47.0 Å². The maximum Gasteiger partial charge on any atom is 0.407 e. The highest BCUT2D eigenvalue weighted by Gasteiger charge is 2.55. The highest BCUT2D eigenvalue weighted by Crippen LogP contribution is 2.42. The Morgan fingerprint density at radius 3 is 2.08 bits per heavy atom. The van der Waals surface area contributed by atoms with Crippen molar-refractivity contribution < 1.29 is 72.4 Å². The second-order valence-corrected chi connectivity index (χ2v) is 20.6. The van der Waals surface area contributed by atoms with Crippen LogP contribution in [0.25, 0.3) is 0 Å². The maximum atomic E-state index is 14.5. The number of methoxy groups -OCH3 is 2. The predicted octanol–water partition coefficient (Wildman–Crippen LogP) is 4.01. The van der Waals surface area contributed by atoms with Gasteiger partial charge in [-0.2, -0.15) is 0 Å². The Morgan fingerprint density at radius 1 is 0.864 bits per heavy atom. The van der Waals surface area contributed by atoms with Gasteiger partial charge in [-0.05, 0) is 87.7 Å². The van der Waals surface area contributed by atoms with Crippen LogP contribution >= 0.6 is 0 Å². The van der Waals surface area contributed by atoms with Crippen LogP contribution in [0.2, 0.25) is 0 Å². The minimum atomic E-state index is -2.01. The van der Waals surface area contributed by atoms with Crippen LogP contribution < -0.4 is 10.6 Å². The quantitative estimate of drug-likeness (QED) is 0.164. The number of rotatable bonds is 13. The lowest BCUT2D eigenvalue weighted by molar-refractivity contribution is -0.319. The van der Waals surface area contributed by atoms with Crippen LogP contribution in [0.1, 0.15) is 133 Å². The minimum Gasteiger partial charge on any atom is -0.459 e. The highest BCUT2D eigenvalue weighted by atomic mass is 16.7. The number of nitrogens with one attached hydrogen (secondary N) is 2. The molecule has 3 aliphatic heterocycles. The third kappa shape index (κ3) is 13.4. The molecule has 0 spiro atoms. The lowest BCUT2D eigenvalue weighted by Crippen LogP contribution is -2.62. The predicted molar refractivity (Wildman–Crippen MR) is 243 cm³/mol. The lowest BCUT2D eigenvalue weighted by atomic mass is 9.74. The average molecular weight is 944 g/mol. The number of ketones is 1. The number of alkyl carbamates (subject to hydrolysis) is 1. The van der Waals surface area contributed by atoms with Gasteiger partial charge in [0.2, 0.25) is 5.91 Å². The van der Waals surface area contributed by atoms with E-state index in [1.807, 2.05) is 32.8 Å². The standard InChI is InChI=1S/C48H85N3O15/c1-15-34-48(10,58)40(55)28(4)37(53)26(2)24-46(8,59-13)41(65-44-38(54)33(51(11)12)23-27(3)61-44)29(5)39(30(6)43(56)63-34)64-36-25-47(9,60-14)42(31(7)62-36)66-45(57)49-22-21-35(52)50-32-19-17-16-18-20-32/h26-34,36,38-42,44,54-55,58H,15-25H2,1-14H3,(H,49,57)(H,50,52)/t26-,27-,28+,29+,30-,31+,33+,34-,36+,38-,39+,40-,41-,42+,44+,46+,47-,48-/m1/s1. The van der Waals surface area contributed by atoms with Crippen LogP contribution in [-0.2, 0) is 52.3 Å². The van der Waals surface area contributed by atoms with Crippen molar-refractivity contribution in [1.82, 2.24) is 15.5 Å². The molecule has 0 radical (unpaired) electrons. The molecule has 66 heavy (non-hydrogen) atoms. The van der Waals surface area contributed by atoms with Crippen molar-refractivity contribution in [3.8, 4) is 0 Å². The number of hydrogen-bond donors (Lipinski definition) is 5. The van der Waals surface area contributed by atoms with E-state index in [1.165, 1.54) is 27.6 Å². The first-order valence-corrected chi connectivity index (χ1v) is 24.3. The summed E-state index contributed by atoms with van der Waals surface area (Å²) < 4.78 is 50.9. The van der Waals surface area contributed by atoms with Crippen LogP contribution in [-0.4, -0.2) is 169 Å². The first-order valence-electron chi connectivity index (χ1n) is 24.3. The van der Waals surface area contributed by atoms with Crippen molar-refractivity contribution in [2.75, 3.05) is 34.9 Å². The Balaban J connectivity index is 1.68. The summed E-state index contributed by atoms with van der Waals surface area (Å²) in [4.78, 5) is 56.3. The van der Waals surface area contributed by atoms with E-state index in [0.29, 0.717) is 6.42 Å². The van der Waals surface area contributed by atoms with E-state index in [0.717, 1.165) is 25.7 Å². The number of esters is 1. The molecule has 1 aliphatic carbocycles. The number of cyclic esters (lactones) is 1. The molecule has 0 bridgehead atoms. The Morgan fingerprint density at radius 2 is 1.48 bits per heavy atom. The Labute approximate surface area is 393 Å². The maximum absolute atomic E-state index is 14.5. The second kappa shape index (κ2) is 23.9. The number of Topliss-reactive ketones (excluding diaryl/α,β-unsaturated/α-hetero) is 1. The van der Waals surface area contributed by atoms with E-state index >= 15 is 0 Å². The van der Waals surface area contributed by atoms with Gasteiger partial charge in [0.25, 0.3) is 0 Å². The van der Waals surface area contributed by atoms with E-state index in [9.17, 15) is 34.5 Å². The zero-order valence-corrected chi connectivity index (χ0v) is 42.2. The molecule has 5 N–H and O–H groups in total. The summed E-state index contributed by atoms with van der Waals surface area (Å²) in [6, 6.07) is -0.166. The number of hydrogen-bond acceptors (Lipinski definition) is 16. The number of carbonyl (C=O) groups is 4. The summed E-state index contributed by atoms with van der Waals surface area (Å²) in [5.74, 6) is -4.91. The Hall–Kier alpha value is -2.52. The molecule has 0 aromatic rings. The molecule has 0 aromatic heterocycles. The van der Waals surface area contributed by atoms with Gasteiger partial charge in [0.1, 0.15) is 29.2 Å². The van der Waals surface area contributed by atoms with Crippen LogP contribution in [0.4, 0.5) is 4.79 Å². The molecule has 18 atom stereocenters. The molecule has 0 aromatic carbocycles. The van der Waals surface area contributed by atoms with Crippen molar-refractivity contribution in [2.45, 2.75) is 224 Å². The Kier molecular flexibility index (Phi) is 20.3. The van der Waals surface area contributed by atoms with Crippen molar-refractivity contribution in [3.05, 3.63) is 0 Å². The van der Waals surface area contributed by atoms with Gasteiger partial charge in [0.15, 0.2) is 18.7 Å². The van der Waals surface area contributed by atoms with E-state index in [1.54, 1.807) is 48.5 Å². The fraction of sp³-hybridized carbons (Fsp3) is 0.917. The molecule has 2 amide bonds. The number of nitrogens with zero attached hydrogens (tertiary/aromatic N) is 1. The molecule has 3 saturated heterocycles. The highest BCUT2D eigenvalue weighted by molar-refractivity contribution is 5.83. The van der Waals surface area contributed by atoms with Crippen LogP contribution in [0.3, 0.4) is 0 Å². The molecule has 1 saturated carbocycles. The minimum absolute atomic E-state index is 0.0298. The fourth-order valence-corrected chi connectivity index (χ4v) is 10.8. The van der Waals surface area contributed by atoms with Crippen molar-refractivity contribution in [3.63, 3.8) is 0 Å². The molecule has 0 unspecified atom stereocenters. The van der Waals surface area contributed by atoms with E-state index in [2.05, 4.69) is 10.6 Å². The summed E-state index contributed by atoms with van der Waals surface area (Å²) >= 11 is 0. The summed E-state index contributed by atoms with van der Waals surface area (Å²) in [5, 5.41) is 40.8. The zero-order chi connectivity index (χ0) is 49.5. The SMILES string of the molecule is CC[C@H]1OC(=O)[C@H](C)[C@@H](O[C@H]2C[C@@](C)(OC)[C@@H](OC(=O)NCCC(=O)NC3CCCCC3)[C@H](C)O2)[C@H](C)[C@@H](O[C@@H]2O[C@H](C)C[C@H](N(C)C)[C@H]2O)[C@@](C)(OC)C[C@@H](C)C(=O)[C@H](C)[C@@H](O)[C@]1(C)O. The number of aliphatic hydroxyl groups is 3. The van der Waals surface area contributed by atoms with Gasteiger partial charge in [-0.3, -0.25) is 14.4 Å². The molecule has 18 nitrogen and oxygen atoms in total. The van der Waals surface area contributed by atoms with E-state index in [4.69, 9.17) is 37.9 Å². The zero-order valence-electron chi connectivity index (χ0n) is 42.2. The van der Waals surface area contributed by atoms with Gasteiger partial charge in [0.05, 0.1) is 42.0 Å². The Bertz CT molecular complexity index is 1600. The van der Waals surface area contributed by atoms with E-state index in [-0.39, 0.29) is 62.1 Å². The second-order valence-electron chi connectivity index (χ2n) is 20.6. The summed E-state index contributed by atoms with van der Waals surface area (Å²) in [6.07, 6.45) is -4.92. The number of carbonyl (C=O) groups excluding carboxylic acids is 4. The number of ether oxygens (including phenoxy) is 8. The summed E-state index contributed by atoms with van der Waals surface area (Å²) in [7, 11) is 6.72. The molecule has 382 valence electrons. The molecular formula is C48H85N3O15. The topological polar surface area (TPSA) is 230 Å². The summed E-state index contributed by atoms with van der Waals surface area (Å²) in [6.45, 7) is 17.0. The van der Waals surface area contributed by atoms with Gasteiger partial charge >= 0.3 is 12.1 Å². The fourth-order valence-electron chi connectivity index (χ4n) is 10.8. The van der Waals surface area contributed by atoms with Gasteiger partial charge < -0.3 is 68.7 Å². The number of amides is 2. The van der Waals surface area contributed by atoms with Crippen LogP contribution in [0.15, 0.2) is 0 Å². The van der Waals surface area contributed by atoms with Crippen molar-refractivity contribution in [1.29, 1.82) is 0 Å². The monoisotopic (exact) mass is 944 g/mol. The van der Waals surface area contributed by atoms with Crippen LogP contribution in [0.5, 0.6) is 0 Å². The van der Waals surface area contributed by atoms with E-state index < -0.39 is 108 Å². The lowest BCUT2D eigenvalue weighted by Gasteiger charge is -2.50. The average Bonchev–Trinajstić information content (AvgIpc) is 3.27. The molecular weight excluding hydrogens is 859 g/mol. The van der Waals surface area contributed by atoms with Crippen molar-refractivity contribution in [2.24, 2.45) is 23.7 Å². The smallest absolute Gasteiger partial charge is 0.407 e. The van der Waals surface area contributed by atoms with Gasteiger partial charge in [-0.25, -0.2) is 4.79 Å². The first-order chi connectivity index (χ1) is 30.8. The molecule has 4 rings (SSSR count). The third-order valence-electron chi connectivity index (χ3n) is 15.1. The first kappa shape index (κ1) is 56.1. The number of likely N-dealkylation sites (N-methyl/N-ethyl adjacent to an activating group) is 1. The largest absolute Gasteiger partial charge is 0.459 e. The molecule has 18 heteroatoms. The van der Waals surface area contributed by atoms with Crippen molar-refractivity contribution >= 4 is 23.8 Å². The molecule has 3 heterocycles. The number of aliphatic hydroxyl groups excluding tert-OH is 2. The van der Waals surface area contributed by atoms with Gasteiger partial charge in [-0.15, -0.1) is 0 Å². The van der Waals surface area contributed by atoms with Gasteiger partial charge in [0, 0.05) is 63.4 Å². The third-order valence-corrected chi connectivity index (χ3v) is 15.1. The molecule has 4 aliphatic rings. The summed E-state index contributed by atoms with van der Waals surface area (Å²) in [5.41, 5.74) is -4.50. The van der Waals surface area contributed by atoms with Crippen LogP contribution in [0, 0.1) is 23.7 Å². The molecule has 4 fully saturated rings.